The summed E-state index contributed by atoms with van der Waals surface area (Å²) in [6.07, 6.45) is 0. The zero-order valence-corrected chi connectivity index (χ0v) is 13.0. The maximum atomic E-state index is 13.5. The lowest BCUT2D eigenvalue weighted by atomic mass is 10.1. The number of hydrogen-bond donors (Lipinski definition) is 2. The Bertz CT molecular complexity index is 724. The average molecular weight is 344 g/mol. The van der Waals surface area contributed by atoms with Gasteiger partial charge in [-0.05, 0) is 43.3 Å². The van der Waals surface area contributed by atoms with Gasteiger partial charge in [-0.1, -0.05) is 11.6 Å². The van der Waals surface area contributed by atoms with E-state index in [-0.39, 0.29) is 18.3 Å². The van der Waals surface area contributed by atoms with Gasteiger partial charge in [0.05, 0.1) is 5.69 Å². The number of amides is 1. The molecule has 0 bridgehead atoms. The van der Waals surface area contributed by atoms with Crippen LogP contribution in [0, 0.1) is 17.5 Å². The number of hydrogen-bond acceptors (Lipinski definition) is 1. The van der Waals surface area contributed by atoms with Crippen molar-refractivity contribution in [2.45, 2.75) is 13.0 Å². The lowest BCUT2D eigenvalue weighted by Crippen LogP contribution is -2.86. The van der Waals surface area contributed by atoms with Gasteiger partial charge in [0.1, 0.15) is 11.9 Å². The Morgan fingerprint density at radius 1 is 1.13 bits per heavy atom. The van der Waals surface area contributed by atoms with E-state index in [2.05, 4.69) is 5.32 Å². The molecule has 0 heterocycles. The van der Waals surface area contributed by atoms with Crippen molar-refractivity contribution in [1.82, 2.24) is 0 Å². The van der Waals surface area contributed by atoms with Gasteiger partial charge in [0.2, 0.25) is 0 Å². The maximum Gasteiger partial charge on any atom is 0.279 e. The molecule has 0 saturated heterocycles. The summed E-state index contributed by atoms with van der Waals surface area (Å²) < 4.78 is 39.6. The summed E-state index contributed by atoms with van der Waals surface area (Å²) in [6, 6.07) is 7.17. The van der Waals surface area contributed by atoms with E-state index in [9.17, 15) is 18.0 Å². The first-order chi connectivity index (χ1) is 10.9. The van der Waals surface area contributed by atoms with Gasteiger partial charge in [0.15, 0.2) is 18.2 Å². The van der Waals surface area contributed by atoms with E-state index in [4.69, 9.17) is 11.6 Å². The van der Waals surface area contributed by atoms with Gasteiger partial charge < -0.3 is 10.6 Å². The summed E-state index contributed by atoms with van der Waals surface area (Å²) in [6.45, 7) is 1.74. The molecular formula is C16H15ClF3N2O+. The summed E-state index contributed by atoms with van der Waals surface area (Å²) in [5.74, 6) is -2.87. The zero-order chi connectivity index (χ0) is 17.0. The van der Waals surface area contributed by atoms with E-state index in [0.717, 1.165) is 18.2 Å². The zero-order valence-electron chi connectivity index (χ0n) is 12.2. The molecule has 0 unspecified atom stereocenters. The number of rotatable bonds is 5. The van der Waals surface area contributed by atoms with E-state index >= 15 is 0 Å². The van der Waals surface area contributed by atoms with Gasteiger partial charge >= 0.3 is 0 Å². The van der Waals surface area contributed by atoms with Crippen LogP contribution in [0.1, 0.15) is 18.5 Å². The second-order valence-corrected chi connectivity index (χ2v) is 5.51. The van der Waals surface area contributed by atoms with Gasteiger partial charge in [0, 0.05) is 10.6 Å². The fraction of sp³-hybridized carbons (Fsp3) is 0.188. The highest BCUT2D eigenvalue weighted by atomic mass is 35.5. The molecule has 122 valence electrons. The van der Waals surface area contributed by atoms with Crippen molar-refractivity contribution >= 4 is 23.2 Å². The molecule has 0 aliphatic rings. The first kappa shape index (κ1) is 17.3. The smallest absolute Gasteiger partial charge is 0.279 e. The van der Waals surface area contributed by atoms with Crippen LogP contribution in [0.25, 0.3) is 0 Å². The molecule has 2 aromatic rings. The standard InChI is InChI=1S/C16H14ClF3N2O/c1-9(10-2-4-12(18)14(20)6-10)21-8-16(23)22-15-7-11(17)3-5-13(15)19/h2-7,9,21H,8H2,1H3,(H,22,23)/p+1/t9-/m1/s1. The lowest BCUT2D eigenvalue weighted by Gasteiger charge is -2.12. The van der Waals surface area contributed by atoms with E-state index in [1.807, 2.05) is 0 Å². The molecule has 2 rings (SSSR count). The highest BCUT2D eigenvalue weighted by molar-refractivity contribution is 6.30. The minimum atomic E-state index is -0.937. The summed E-state index contributed by atoms with van der Waals surface area (Å²) in [7, 11) is 0. The van der Waals surface area contributed by atoms with Crippen LogP contribution >= 0.6 is 11.6 Å². The van der Waals surface area contributed by atoms with Crippen molar-refractivity contribution in [2.24, 2.45) is 0 Å². The molecule has 1 amide bonds. The lowest BCUT2D eigenvalue weighted by molar-refractivity contribution is -0.682. The summed E-state index contributed by atoms with van der Waals surface area (Å²) in [5.41, 5.74) is 0.544. The van der Waals surface area contributed by atoms with Gasteiger partial charge in [-0.3, -0.25) is 4.79 Å². The Morgan fingerprint density at radius 2 is 1.83 bits per heavy atom. The van der Waals surface area contributed by atoms with Crippen LogP contribution in [0.5, 0.6) is 0 Å². The highest BCUT2D eigenvalue weighted by Gasteiger charge is 2.15. The SMILES string of the molecule is C[C@@H]([NH2+]CC(=O)Nc1cc(Cl)ccc1F)c1ccc(F)c(F)c1. The van der Waals surface area contributed by atoms with Crippen molar-refractivity contribution in [1.29, 1.82) is 0 Å². The molecule has 0 aliphatic heterocycles. The number of nitrogens with two attached hydrogens (primary N) is 1. The maximum absolute atomic E-state index is 13.5. The fourth-order valence-corrected chi connectivity index (χ4v) is 2.18. The number of quaternary nitrogens is 1. The number of nitrogens with one attached hydrogen (secondary N) is 1. The van der Waals surface area contributed by atoms with Gasteiger partial charge in [0.25, 0.3) is 5.91 Å². The quantitative estimate of drug-likeness (QED) is 0.861. The molecule has 3 N–H and O–H groups in total. The van der Waals surface area contributed by atoms with E-state index in [1.54, 1.807) is 12.2 Å². The van der Waals surface area contributed by atoms with Gasteiger partial charge in [-0.2, -0.15) is 0 Å². The Balaban J connectivity index is 1.93. The monoisotopic (exact) mass is 343 g/mol. The summed E-state index contributed by atoms with van der Waals surface area (Å²) >= 11 is 5.74. The number of carbonyl (C=O) groups excluding carboxylic acids is 1. The van der Waals surface area contributed by atoms with Crippen LogP contribution in [0.4, 0.5) is 18.9 Å². The second-order valence-electron chi connectivity index (χ2n) is 5.07. The summed E-state index contributed by atoms with van der Waals surface area (Å²) in [4.78, 5) is 11.8. The Labute approximate surface area is 136 Å². The molecule has 0 saturated carbocycles. The third-order valence-electron chi connectivity index (χ3n) is 3.33. The minimum absolute atomic E-state index is 0.00335. The molecule has 3 nitrogen and oxygen atoms in total. The van der Waals surface area contributed by atoms with Crippen molar-refractivity contribution in [3.05, 3.63) is 64.4 Å². The van der Waals surface area contributed by atoms with Crippen LogP contribution in [0.3, 0.4) is 0 Å². The molecule has 0 aliphatic carbocycles. The normalized spacial score (nSPS) is 12.0. The molecule has 0 fully saturated rings. The Morgan fingerprint density at radius 3 is 2.52 bits per heavy atom. The molecule has 1 atom stereocenters. The first-order valence-electron chi connectivity index (χ1n) is 6.90. The third kappa shape index (κ3) is 4.71. The molecule has 0 radical (unpaired) electrons. The third-order valence-corrected chi connectivity index (χ3v) is 3.56. The first-order valence-corrected chi connectivity index (χ1v) is 7.28. The molecule has 0 spiro atoms. The predicted molar refractivity (Wildman–Crippen MR) is 81.6 cm³/mol. The van der Waals surface area contributed by atoms with Crippen LogP contribution in [-0.2, 0) is 4.79 Å². The second kappa shape index (κ2) is 7.48. The topological polar surface area (TPSA) is 45.7 Å². The molecule has 23 heavy (non-hydrogen) atoms. The van der Waals surface area contributed by atoms with Crippen LogP contribution < -0.4 is 10.6 Å². The van der Waals surface area contributed by atoms with Crippen molar-refractivity contribution < 1.29 is 23.3 Å². The van der Waals surface area contributed by atoms with Crippen LogP contribution in [0.2, 0.25) is 5.02 Å². The molecule has 2 aromatic carbocycles. The molecular weight excluding hydrogens is 329 g/mol. The fourth-order valence-electron chi connectivity index (χ4n) is 2.01. The largest absolute Gasteiger partial charge is 0.333 e. The van der Waals surface area contributed by atoms with Crippen molar-refractivity contribution in [3.63, 3.8) is 0 Å². The van der Waals surface area contributed by atoms with Crippen LogP contribution in [0.15, 0.2) is 36.4 Å². The van der Waals surface area contributed by atoms with Crippen molar-refractivity contribution in [2.75, 3.05) is 11.9 Å². The molecule has 7 heteroatoms. The van der Waals surface area contributed by atoms with E-state index in [0.29, 0.717) is 10.6 Å². The van der Waals surface area contributed by atoms with Crippen molar-refractivity contribution in [3.8, 4) is 0 Å². The highest BCUT2D eigenvalue weighted by Crippen LogP contribution is 2.19. The van der Waals surface area contributed by atoms with Gasteiger partial charge in [-0.25, -0.2) is 13.2 Å². The Hall–Kier alpha value is -2.05. The average Bonchev–Trinajstić information content (AvgIpc) is 2.51. The van der Waals surface area contributed by atoms with Gasteiger partial charge in [-0.15, -0.1) is 0 Å². The minimum Gasteiger partial charge on any atom is -0.333 e. The number of carbonyl (C=O) groups is 1. The number of halogens is 4. The number of benzene rings is 2. The van der Waals surface area contributed by atoms with E-state index < -0.39 is 23.4 Å². The summed E-state index contributed by atoms with van der Waals surface area (Å²) in [5, 5.41) is 4.35. The van der Waals surface area contributed by atoms with Crippen LogP contribution in [-0.4, -0.2) is 12.5 Å². The van der Waals surface area contributed by atoms with E-state index in [1.165, 1.54) is 18.2 Å². The molecule has 0 aromatic heterocycles. The number of anilines is 1. The Kier molecular flexibility index (Phi) is 5.63. The predicted octanol–water partition coefficient (Wildman–Crippen LogP) is 3.02.